The maximum Gasteiger partial charge on any atom is 0.317 e. The molecule has 2 amide bonds. The molecular weight excluding hydrogens is 339 g/mol. The molecule has 132 valence electrons. The van der Waals surface area contributed by atoms with E-state index in [9.17, 15) is 9.18 Å². The highest BCUT2D eigenvalue weighted by Crippen LogP contribution is 2.43. The summed E-state index contributed by atoms with van der Waals surface area (Å²) in [5, 5.41) is 13.9. The summed E-state index contributed by atoms with van der Waals surface area (Å²) in [6, 6.07) is 6.14. The van der Waals surface area contributed by atoms with E-state index in [1.165, 1.54) is 30.0 Å². The Morgan fingerprint density at radius 1 is 1.08 bits per heavy atom. The molecule has 0 radical (unpaired) electrons. The Morgan fingerprint density at radius 3 is 2.28 bits per heavy atom. The molecular formula is C18H21FN4OS. The van der Waals surface area contributed by atoms with E-state index in [0.29, 0.717) is 18.4 Å². The van der Waals surface area contributed by atoms with Crippen molar-refractivity contribution in [1.29, 1.82) is 0 Å². The number of likely N-dealkylation sites (tertiary alicyclic amines) is 1. The molecule has 0 spiro atoms. The molecule has 4 rings (SSSR count). The fraction of sp³-hybridized carbons (Fsp3) is 0.500. The first-order valence-corrected chi connectivity index (χ1v) is 9.61. The third-order valence-corrected chi connectivity index (χ3v) is 6.12. The molecule has 0 atom stereocenters. The third kappa shape index (κ3) is 3.98. The molecule has 2 aliphatic rings. The van der Waals surface area contributed by atoms with E-state index in [4.69, 9.17) is 0 Å². The largest absolute Gasteiger partial charge is 0.334 e. The van der Waals surface area contributed by atoms with Gasteiger partial charge in [-0.15, -0.1) is 21.5 Å². The van der Waals surface area contributed by atoms with Gasteiger partial charge >= 0.3 is 6.03 Å². The monoisotopic (exact) mass is 360 g/mol. The Bertz CT molecular complexity index is 736. The number of piperidine rings is 1. The number of rotatable bonds is 4. The van der Waals surface area contributed by atoms with Crippen molar-refractivity contribution >= 4 is 17.4 Å². The van der Waals surface area contributed by atoms with Crippen LogP contribution in [-0.4, -0.2) is 34.2 Å². The highest BCUT2D eigenvalue weighted by atomic mass is 32.1. The van der Waals surface area contributed by atoms with Gasteiger partial charge < -0.3 is 10.2 Å². The zero-order valence-corrected chi connectivity index (χ0v) is 14.8. The molecule has 2 aromatic rings. The number of halogens is 1. The lowest BCUT2D eigenvalue weighted by molar-refractivity contribution is 0.181. The van der Waals surface area contributed by atoms with Crippen LogP contribution in [0.5, 0.6) is 0 Å². The number of hydrogen-bond acceptors (Lipinski definition) is 4. The average Bonchev–Trinajstić information content (AvgIpc) is 3.38. The van der Waals surface area contributed by atoms with E-state index in [1.807, 2.05) is 4.90 Å². The normalized spacial score (nSPS) is 18.4. The second kappa shape index (κ2) is 7.07. The topological polar surface area (TPSA) is 58.1 Å². The Hall–Kier alpha value is -2.02. The van der Waals surface area contributed by atoms with Gasteiger partial charge in [0.15, 0.2) is 0 Å². The van der Waals surface area contributed by atoms with E-state index in [-0.39, 0.29) is 11.8 Å². The highest BCUT2D eigenvalue weighted by molar-refractivity contribution is 7.11. The predicted octanol–water partition coefficient (Wildman–Crippen LogP) is 3.64. The van der Waals surface area contributed by atoms with Crippen LogP contribution in [0, 0.1) is 5.82 Å². The third-order valence-electron chi connectivity index (χ3n) is 4.87. The minimum atomic E-state index is -0.265. The van der Waals surface area contributed by atoms with E-state index in [2.05, 4.69) is 15.5 Å². The zero-order chi connectivity index (χ0) is 17.2. The minimum absolute atomic E-state index is 0.0568. The van der Waals surface area contributed by atoms with Gasteiger partial charge in [-0.3, -0.25) is 0 Å². The SMILES string of the molecule is O=C(NCc1ccc(F)cc1)N1CCC(c2nnc(C3CC3)s2)CC1. The maximum atomic E-state index is 12.9. The van der Waals surface area contributed by atoms with Gasteiger partial charge in [0.1, 0.15) is 15.8 Å². The van der Waals surface area contributed by atoms with Crippen molar-refractivity contribution in [2.75, 3.05) is 13.1 Å². The number of carbonyl (C=O) groups is 1. The lowest BCUT2D eigenvalue weighted by Crippen LogP contribution is -2.43. The van der Waals surface area contributed by atoms with Crippen LogP contribution in [0.2, 0.25) is 0 Å². The fourth-order valence-corrected chi connectivity index (χ4v) is 4.31. The average molecular weight is 360 g/mol. The molecule has 1 saturated carbocycles. The Labute approximate surface area is 150 Å². The summed E-state index contributed by atoms with van der Waals surface area (Å²) < 4.78 is 12.9. The van der Waals surface area contributed by atoms with E-state index in [0.717, 1.165) is 36.5 Å². The standard InChI is InChI=1S/C18H21FN4OS/c19-15-5-1-12(2-6-15)11-20-18(24)23-9-7-14(8-10-23)17-22-21-16(25-17)13-3-4-13/h1-2,5-6,13-14H,3-4,7-11H2,(H,20,24). The fourth-order valence-electron chi connectivity index (χ4n) is 3.13. The summed E-state index contributed by atoms with van der Waals surface area (Å²) in [6.45, 7) is 1.89. The number of benzene rings is 1. The Morgan fingerprint density at radius 2 is 1.68 bits per heavy atom. The second-order valence-corrected chi connectivity index (χ2v) is 7.84. The lowest BCUT2D eigenvalue weighted by atomic mass is 9.98. The summed E-state index contributed by atoms with van der Waals surface area (Å²) in [5.74, 6) is 0.813. The van der Waals surface area contributed by atoms with Crippen LogP contribution in [0.1, 0.15) is 53.1 Å². The van der Waals surface area contributed by atoms with Gasteiger partial charge in [0.25, 0.3) is 0 Å². The van der Waals surface area contributed by atoms with Crippen LogP contribution in [-0.2, 0) is 6.54 Å². The molecule has 0 bridgehead atoms. The molecule has 2 fully saturated rings. The zero-order valence-electron chi connectivity index (χ0n) is 13.9. The van der Waals surface area contributed by atoms with Gasteiger partial charge in [-0.1, -0.05) is 12.1 Å². The molecule has 25 heavy (non-hydrogen) atoms. The van der Waals surface area contributed by atoms with E-state index >= 15 is 0 Å². The second-order valence-electron chi connectivity index (χ2n) is 6.80. The summed E-state index contributed by atoms with van der Waals surface area (Å²) in [4.78, 5) is 14.1. The van der Waals surface area contributed by atoms with Crippen LogP contribution in [0.25, 0.3) is 0 Å². The van der Waals surface area contributed by atoms with Crippen molar-refractivity contribution in [2.45, 2.75) is 44.1 Å². The van der Waals surface area contributed by atoms with Crippen molar-refractivity contribution in [2.24, 2.45) is 0 Å². The number of urea groups is 1. The first kappa shape index (κ1) is 16.4. The molecule has 1 N–H and O–H groups in total. The molecule has 0 unspecified atom stereocenters. The lowest BCUT2D eigenvalue weighted by Gasteiger charge is -2.31. The number of nitrogens with zero attached hydrogens (tertiary/aromatic N) is 3. The maximum absolute atomic E-state index is 12.9. The van der Waals surface area contributed by atoms with Crippen LogP contribution < -0.4 is 5.32 Å². The predicted molar refractivity (Wildman–Crippen MR) is 94.1 cm³/mol. The van der Waals surface area contributed by atoms with Crippen LogP contribution >= 0.6 is 11.3 Å². The van der Waals surface area contributed by atoms with Gasteiger partial charge in [-0.05, 0) is 43.4 Å². The molecule has 5 nitrogen and oxygen atoms in total. The number of carbonyl (C=O) groups excluding carboxylic acids is 1. The highest BCUT2D eigenvalue weighted by Gasteiger charge is 2.30. The summed E-state index contributed by atoms with van der Waals surface area (Å²) >= 11 is 1.76. The molecule has 7 heteroatoms. The van der Waals surface area contributed by atoms with E-state index < -0.39 is 0 Å². The Kier molecular flexibility index (Phi) is 4.65. The van der Waals surface area contributed by atoms with Crippen LogP contribution in [0.15, 0.2) is 24.3 Å². The summed E-state index contributed by atoms with van der Waals surface area (Å²) in [6.07, 6.45) is 4.37. The Balaban J connectivity index is 1.25. The van der Waals surface area contributed by atoms with Crippen LogP contribution in [0.3, 0.4) is 0 Å². The quantitative estimate of drug-likeness (QED) is 0.905. The molecule has 1 saturated heterocycles. The van der Waals surface area contributed by atoms with Gasteiger partial charge in [0.2, 0.25) is 0 Å². The van der Waals surface area contributed by atoms with E-state index in [1.54, 1.807) is 23.5 Å². The smallest absolute Gasteiger partial charge is 0.317 e. The van der Waals surface area contributed by atoms with Crippen molar-refractivity contribution in [3.63, 3.8) is 0 Å². The first-order chi connectivity index (χ1) is 12.2. The van der Waals surface area contributed by atoms with Gasteiger partial charge in [-0.25, -0.2) is 9.18 Å². The van der Waals surface area contributed by atoms with Crippen molar-refractivity contribution in [1.82, 2.24) is 20.4 Å². The number of amides is 2. The van der Waals surface area contributed by atoms with Gasteiger partial charge in [0.05, 0.1) is 0 Å². The molecule has 1 aliphatic heterocycles. The molecule has 2 heterocycles. The minimum Gasteiger partial charge on any atom is -0.334 e. The first-order valence-electron chi connectivity index (χ1n) is 8.79. The van der Waals surface area contributed by atoms with Crippen molar-refractivity contribution < 1.29 is 9.18 Å². The molecule has 1 aliphatic carbocycles. The van der Waals surface area contributed by atoms with Gasteiger partial charge in [0, 0.05) is 31.5 Å². The van der Waals surface area contributed by atoms with Crippen molar-refractivity contribution in [3.05, 3.63) is 45.7 Å². The molecule has 1 aromatic heterocycles. The van der Waals surface area contributed by atoms with Crippen molar-refractivity contribution in [3.8, 4) is 0 Å². The number of hydrogen-bond donors (Lipinski definition) is 1. The summed E-state index contributed by atoms with van der Waals surface area (Å²) in [5.41, 5.74) is 0.895. The van der Waals surface area contributed by atoms with Crippen LogP contribution in [0.4, 0.5) is 9.18 Å². The number of nitrogens with one attached hydrogen (secondary N) is 1. The van der Waals surface area contributed by atoms with Gasteiger partial charge in [-0.2, -0.15) is 0 Å². The summed E-state index contributed by atoms with van der Waals surface area (Å²) in [7, 11) is 0. The molecule has 1 aromatic carbocycles. The number of aromatic nitrogens is 2.